The van der Waals surface area contributed by atoms with E-state index in [1.165, 1.54) is 6.42 Å². The Morgan fingerprint density at radius 2 is 2.13 bits per heavy atom. The lowest BCUT2D eigenvalue weighted by Gasteiger charge is -2.34. The number of hydrogen-bond donors (Lipinski definition) is 3. The lowest BCUT2D eigenvalue weighted by Crippen LogP contribution is -2.49. The van der Waals surface area contributed by atoms with E-state index in [1.54, 1.807) is 0 Å². The highest BCUT2D eigenvalue weighted by atomic mass is 16.2. The van der Waals surface area contributed by atoms with E-state index >= 15 is 0 Å². The van der Waals surface area contributed by atoms with Crippen molar-refractivity contribution in [1.82, 2.24) is 20.2 Å². The van der Waals surface area contributed by atoms with Gasteiger partial charge >= 0.3 is 5.69 Å². The number of carbonyl (C=O) groups is 1. The molecule has 23 heavy (non-hydrogen) atoms. The average Bonchev–Trinajstić information content (AvgIpc) is 2.93. The van der Waals surface area contributed by atoms with Crippen molar-refractivity contribution in [2.75, 3.05) is 13.1 Å². The second kappa shape index (κ2) is 6.58. The fourth-order valence-electron chi connectivity index (χ4n) is 3.38. The van der Waals surface area contributed by atoms with E-state index in [9.17, 15) is 9.59 Å². The average molecular weight is 316 g/mol. The van der Waals surface area contributed by atoms with Gasteiger partial charge in [0.25, 0.3) is 0 Å². The standard InChI is InChI=1S/C17H24N4O2/c1-3-21-9-5-4-6-15(21)16(22)18-11(2)12-7-8-13-14(10-12)20-17(23)19-13/h7-8,10-11,15H,3-6,9H2,1-2H3,(H,18,22)(H2,19,20,23)/t11-,15-/m1/s1. The molecule has 2 atom stereocenters. The first-order valence-electron chi connectivity index (χ1n) is 8.35. The van der Waals surface area contributed by atoms with Gasteiger partial charge < -0.3 is 15.3 Å². The molecule has 0 saturated carbocycles. The number of rotatable bonds is 4. The smallest absolute Gasteiger partial charge is 0.323 e. The highest BCUT2D eigenvalue weighted by Gasteiger charge is 2.28. The van der Waals surface area contributed by atoms with E-state index in [4.69, 9.17) is 0 Å². The van der Waals surface area contributed by atoms with Gasteiger partial charge in [0, 0.05) is 0 Å². The van der Waals surface area contributed by atoms with Crippen molar-refractivity contribution in [3.63, 3.8) is 0 Å². The molecule has 3 rings (SSSR count). The molecule has 0 bridgehead atoms. The van der Waals surface area contributed by atoms with Gasteiger partial charge in [0.1, 0.15) is 0 Å². The molecule has 1 fully saturated rings. The van der Waals surface area contributed by atoms with Crippen LogP contribution in [0.1, 0.15) is 44.7 Å². The predicted molar refractivity (Wildman–Crippen MR) is 90.4 cm³/mol. The van der Waals surface area contributed by atoms with Crippen LogP contribution in [-0.4, -0.2) is 39.9 Å². The van der Waals surface area contributed by atoms with E-state index < -0.39 is 0 Å². The molecular formula is C17H24N4O2. The van der Waals surface area contributed by atoms with Crippen LogP contribution in [0.15, 0.2) is 23.0 Å². The Morgan fingerprint density at radius 3 is 2.91 bits per heavy atom. The van der Waals surface area contributed by atoms with Crippen molar-refractivity contribution in [3.8, 4) is 0 Å². The summed E-state index contributed by atoms with van der Waals surface area (Å²) in [5, 5.41) is 3.12. The molecule has 6 nitrogen and oxygen atoms in total. The van der Waals surface area contributed by atoms with E-state index in [2.05, 4.69) is 27.1 Å². The van der Waals surface area contributed by atoms with E-state index in [-0.39, 0.29) is 23.7 Å². The molecule has 1 aliphatic heterocycles. The summed E-state index contributed by atoms with van der Waals surface area (Å²) in [5.41, 5.74) is 2.32. The summed E-state index contributed by atoms with van der Waals surface area (Å²) in [6.07, 6.45) is 3.21. The number of nitrogens with zero attached hydrogens (tertiary/aromatic N) is 1. The highest BCUT2D eigenvalue weighted by molar-refractivity contribution is 5.82. The molecule has 0 radical (unpaired) electrons. The Kier molecular flexibility index (Phi) is 4.52. The van der Waals surface area contributed by atoms with Gasteiger partial charge in [-0.2, -0.15) is 0 Å². The zero-order valence-corrected chi connectivity index (χ0v) is 13.7. The van der Waals surface area contributed by atoms with Gasteiger partial charge in [-0.3, -0.25) is 9.69 Å². The number of aromatic nitrogens is 2. The van der Waals surface area contributed by atoms with Crippen LogP contribution in [-0.2, 0) is 4.79 Å². The minimum atomic E-state index is -0.213. The Hall–Kier alpha value is -2.08. The predicted octanol–water partition coefficient (Wildman–Crippen LogP) is 1.91. The molecule has 3 N–H and O–H groups in total. The highest BCUT2D eigenvalue weighted by Crippen LogP contribution is 2.20. The zero-order valence-electron chi connectivity index (χ0n) is 13.7. The lowest BCUT2D eigenvalue weighted by molar-refractivity contribution is -0.128. The molecule has 0 unspecified atom stereocenters. The molecule has 1 amide bonds. The van der Waals surface area contributed by atoms with Crippen LogP contribution in [0, 0.1) is 0 Å². The number of fused-ring (bicyclic) bond motifs is 1. The van der Waals surface area contributed by atoms with E-state index in [0.717, 1.165) is 42.5 Å². The van der Waals surface area contributed by atoms with Crippen LogP contribution >= 0.6 is 0 Å². The number of aromatic amines is 2. The first-order valence-corrected chi connectivity index (χ1v) is 8.35. The Balaban J connectivity index is 1.72. The maximum atomic E-state index is 12.6. The van der Waals surface area contributed by atoms with Gasteiger partial charge in [-0.25, -0.2) is 4.79 Å². The maximum absolute atomic E-state index is 12.6. The van der Waals surface area contributed by atoms with Crippen molar-refractivity contribution in [1.29, 1.82) is 0 Å². The largest absolute Gasteiger partial charge is 0.348 e. The van der Waals surface area contributed by atoms with Gasteiger partial charge in [-0.1, -0.05) is 19.4 Å². The Morgan fingerprint density at radius 1 is 1.35 bits per heavy atom. The molecule has 2 heterocycles. The molecule has 1 aromatic carbocycles. The van der Waals surface area contributed by atoms with Gasteiger partial charge in [0.05, 0.1) is 23.1 Å². The summed E-state index contributed by atoms with van der Waals surface area (Å²) in [6.45, 7) is 5.98. The maximum Gasteiger partial charge on any atom is 0.323 e. The molecule has 0 spiro atoms. The van der Waals surface area contributed by atoms with Crippen LogP contribution < -0.4 is 11.0 Å². The van der Waals surface area contributed by atoms with Crippen molar-refractivity contribution < 1.29 is 4.79 Å². The van der Waals surface area contributed by atoms with Gasteiger partial charge in [0.15, 0.2) is 0 Å². The first-order chi connectivity index (χ1) is 11.1. The number of likely N-dealkylation sites (N-methyl/N-ethyl adjacent to an activating group) is 1. The monoisotopic (exact) mass is 316 g/mol. The Bertz CT molecular complexity index is 748. The summed E-state index contributed by atoms with van der Waals surface area (Å²) in [7, 11) is 0. The number of hydrogen-bond acceptors (Lipinski definition) is 3. The third-order valence-corrected chi connectivity index (χ3v) is 4.72. The van der Waals surface area contributed by atoms with Crippen LogP contribution in [0.2, 0.25) is 0 Å². The van der Waals surface area contributed by atoms with Crippen LogP contribution in [0.3, 0.4) is 0 Å². The minimum absolute atomic E-state index is 0.0213. The Labute approximate surface area is 135 Å². The normalized spacial score (nSPS) is 20.5. The molecule has 0 aliphatic carbocycles. The fourth-order valence-corrected chi connectivity index (χ4v) is 3.38. The third kappa shape index (κ3) is 3.32. The quantitative estimate of drug-likeness (QED) is 0.806. The van der Waals surface area contributed by atoms with Crippen molar-refractivity contribution >= 4 is 16.9 Å². The summed E-state index contributed by atoms with van der Waals surface area (Å²) in [4.78, 5) is 31.7. The summed E-state index contributed by atoms with van der Waals surface area (Å²) in [5.74, 6) is 0.0988. The zero-order chi connectivity index (χ0) is 16.4. The van der Waals surface area contributed by atoms with Crippen LogP contribution in [0.5, 0.6) is 0 Å². The summed E-state index contributed by atoms with van der Waals surface area (Å²) in [6, 6.07) is 5.61. The number of likely N-dealkylation sites (tertiary alicyclic amines) is 1. The van der Waals surface area contributed by atoms with E-state index in [0.29, 0.717) is 0 Å². The third-order valence-electron chi connectivity index (χ3n) is 4.72. The number of carbonyl (C=O) groups excluding carboxylic acids is 1. The van der Waals surface area contributed by atoms with Gasteiger partial charge in [0.2, 0.25) is 5.91 Å². The van der Waals surface area contributed by atoms with Crippen LogP contribution in [0.4, 0.5) is 0 Å². The molecule has 1 aliphatic rings. The number of nitrogens with one attached hydrogen (secondary N) is 3. The first kappa shape index (κ1) is 15.8. The SMILES string of the molecule is CCN1CCCC[C@@H]1C(=O)N[C@H](C)c1ccc2[nH]c(=O)[nH]c2c1. The molecule has 2 aromatic rings. The lowest BCUT2D eigenvalue weighted by atomic mass is 10.0. The van der Waals surface area contributed by atoms with Gasteiger partial charge in [-0.15, -0.1) is 0 Å². The molecule has 124 valence electrons. The number of H-pyrrole nitrogens is 2. The van der Waals surface area contributed by atoms with Crippen LogP contribution in [0.25, 0.3) is 11.0 Å². The summed E-state index contributed by atoms with van der Waals surface area (Å²) < 4.78 is 0. The topological polar surface area (TPSA) is 81.0 Å². The van der Waals surface area contributed by atoms with Crippen molar-refractivity contribution in [3.05, 3.63) is 34.2 Å². The van der Waals surface area contributed by atoms with Crippen molar-refractivity contribution in [2.24, 2.45) is 0 Å². The number of amides is 1. The molecule has 1 saturated heterocycles. The number of imidazole rings is 1. The fraction of sp³-hybridized carbons (Fsp3) is 0.529. The van der Waals surface area contributed by atoms with Crippen molar-refractivity contribution in [2.45, 2.75) is 45.2 Å². The number of benzene rings is 1. The second-order valence-corrected chi connectivity index (χ2v) is 6.25. The number of piperidine rings is 1. The molecule has 6 heteroatoms. The van der Waals surface area contributed by atoms with Gasteiger partial charge in [-0.05, 0) is 50.6 Å². The second-order valence-electron chi connectivity index (χ2n) is 6.25. The minimum Gasteiger partial charge on any atom is -0.348 e. The molecular weight excluding hydrogens is 292 g/mol. The van der Waals surface area contributed by atoms with E-state index in [1.807, 2.05) is 25.1 Å². The molecule has 1 aromatic heterocycles. The summed E-state index contributed by atoms with van der Waals surface area (Å²) >= 11 is 0.